The molecule has 8 nitrogen and oxygen atoms in total. The van der Waals surface area contributed by atoms with Gasteiger partial charge in [0.15, 0.2) is 0 Å². The molecule has 386 valence electrons. The maximum absolute atomic E-state index is 12.7. The third-order valence-corrected chi connectivity index (χ3v) is 12.9. The molecule has 0 heterocycles. The lowest BCUT2D eigenvalue weighted by Gasteiger charge is -2.20. The van der Waals surface area contributed by atoms with Crippen molar-refractivity contribution in [1.82, 2.24) is 0 Å². The second kappa shape index (κ2) is 54.1. The Bertz CT molecular complexity index is 1200. The second-order valence-corrected chi connectivity index (χ2v) is 19.9. The van der Waals surface area contributed by atoms with Crippen LogP contribution in [-0.4, -0.2) is 49.9 Å². The quantitative estimate of drug-likeness (QED) is 0.0268. The number of esters is 1. The van der Waals surface area contributed by atoms with Gasteiger partial charge in [0.2, 0.25) is 0 Å². The van der Waals surface area contributed by atoms with Crippen molar-refractivity contribution >= 4 is 13.8 Å². The minimum atomic E-state index is -4.29. The summed E-state index contributed by atoms with van der Waals surface area (Å²) >= 11 is 0. The van der Waals surface area contributed by atoms with Crippen LogP contribution in [0.4, 0.5) is 0 Å². The van der Waals surface area contributed by atoms with Crippen LogP contribution in [0.2, 0.25) is 0 Å². The molecule has 0 saturated heterocycles. The van der Waals surface area contributed by atoms with Crippen LogP contribution in [0.5, 0.6) is 0 Å². The summed E-state index contributed by atoms with van der Waals surface area (Å²) in [7, 11) is -4.29. The van der Waals surface area contributed by atoms with E-state index in [0.717, 1.165) is 57.8 Å². The highest BCUT2D eigenvalue weighted by atomic mass is 31.2. The van der Waals surface area contributed by atoms with Crippen molar-refractivity contribution < 1.29 is 32.8 Å². The summed E-state index contributed by atoms with van der Waals surface area (Å²) in [4.78, 5) is 22.6. The van der Waals surface area contributed by atoms with E-state index in [-0.39, 0.29) is 32.3 Å². The van der Waals surface area contributed by atoms with Gasteiger partial charge in [-0.3, -0.25) is 13.8 Å². The van der Waals surface area contributed by atoms with E-state index in [2.05, 4.69) is 74.6 Å². The van der Waals surface area contributed by atoms with Crippen molar-refractivity contribution in [3.05, 3.63) is 60.8 Å². The lowest BCUT2D eigenvalue weighted by molar-refractivity contribution is -0.154. The van der Waals surface area contributed by atoms with Crippen molar-refractivity contribution in [2.45, 2.75) is 264 Å². The first kappa shape index (κ1) is 64.2. The summed E-state index contributed by atoms with van der Waals surface area (Å²) in [5.74, 6) is -0.333. The Labute approximate surface area is 408 Å². The van der Waals surface area contributed by atoms with Gasteiger partial charge in [-0.05, 0) is 83.5 Å². The van der Waals surface area contributed by atoms with Gasteiger partial charge in [-0.15, -0.1) is 0 Å². The van der Waals surface area contributed by atoms with E-state index in [1.54, 1.807) is 0 Å². The first-order valence-corrected chi connectivity index (χ1v) is 29.3. The maximum Gasteiger partial charge on any atom is 0.472 e. The van der Waals surface area contributed by atoms with Gasteiger partial charge in [0, 0.05) is 19.6 Å². The van der Waals surface area contributed by atoms with E-state index >= 15 is 0 Å². The van der Waals surface area contributed by atoms with Gasteiger partial charge in [-0.1, -0.05) is 229 Å². The molecule has 0 rings (SSSR count). The molecule has 2 atom stereocenters. The molecule has 0 aliphatic rings. The summed E-state index contributed by atoms with van der Waals surface area (Å²) in [6.45, 7) is 4.91. The van der Waals surface area contributed by atoms with Crippen LogP contribution < -0.4 is 5.73 Å². The largest absolute Gasteiger partial charge is 0.472 e. The number of allylic oxidation sites excluding steroid dienone is 10. The van der Waals surface area contributed by atoms with Gasteiger partial charge in [0.1, 0.15) is 6.10 Å². The SMILES string of the molecule is CCCCCCC/C=C\C/C=C\C/C=C\CCCCCCCCCOCC(COP(=O)(O)OCCN)OC(=O)CCCCCCCCCCCCCCC/C=C\C/C=C\CCCCCCC. The Morgan fingerprint density at radius 1 is 0.455 bits per heavy atom. The average Bonchev–Trinajstić information content (AvgIpc) is 3.31. The second-order valence-electron chi connectivity index (χ2n) is 18.4. The van der Waals surface area contributed by atoms with E-state index in [9.17, 15) is 14.3 Å². The van der Waals surface area contributed by atoms with Gasteiger partial charge in [-0.2, -0.15) is 0 Å². The third kappa shape index (κ3) is 53.2. The minimum Gasteiger partial charge on any atom is -0.457 e. The van der Waals surface area contributed by atoms with Crippen molar-refractivity contribution in [2.75, 3.05) is 33.0 Å². The number of hydrogen-bond acceptors (Lipinski definition) is 7. The molecule has 0 aromatic rings. The molecule has 2 unspecified atom stereocenters. The van der Waals surface area contributed by atoms with E-state index < -0.39 is 13.9 Å². The summed E-state index contributed by atoms with van der Waals surface area (Å²) in [6.07, 6.45) is 68.3. The number of carbonyl (C=O) groups is 1. The molecule has 0 bridgehead atoms. The monoisotopic (exact) mass is 948 g/mol. The van der Waals surface area contributed by atoms with Gasteiger partial charge >= 0.3 is 13.8 Å². The molecule has 66 heavy (non-hydrogen) atoms. The predicted octanol–water partition coefficient (Wildman–Crippen LogP) is 17.7. The number of carbonyl (C=O) groups excluding carboxylic acids is 1. The standard InChI is InChI=1S/C57H106NO7P/c1-3-5-7-9-11-13-15-17-19-21-23-25-27-28-29-30-32-34-36-38-40-42-44-46-48-50-57(59)65-56(55-64-66(60,61)63-53-51-58)54-62-52-49-47-45-43-41-39-37-35-33-31-26-24-22-20-18-16-14-12-10-8-6-4-2/h15-18,21-24,31,33,56H,3-14,19-20,25-30,32,34-55,58H2,1-2H3,(H,60,61)/b17-15-,18-16-,23-21-,24-22-,33-31-. The fraction of sp³-hybridized carbons (Fsp3) is 0.807. The van der Waals surface area contributed by atoms with Gasteiger partial charge in [0.25, 0.3) is 0 Å². The first-order valence-electron chi connectivity index (χ1n) is 27.8. The highest BCUT2D eigenvalue weighted by Gasteiger charge is 2.25. The molecule has 3 N–H and O–H groups in total. The van der Waals surface area contributed by atoms with E-state index in [1.165, 1.54) is 180 Å². The average molecular weight is 948 g/mol. The molecule has 0 aliphatic carbocycles. The van der Waals surface area contributed by atoms with Crippen LogP contribution >= 0.6 is 7.82 Å². The highest BCUT2D eigenvalue weighted by Crippen LogP contribution is 2.43. The molecular weight excluding hydrogens is 842 g/mol. The molecular formula is C57H106NO7P. The van der Waals surface area contributed by atoms with Crippen molar-refractivity contribution in [1.29, 1.82) is 0 Å². The Morgan fingerprint density at radius 2 is 0.803 bits per heavy atom. The number of unbranched alkanes of at least 4 members (excludes halogenated alkanes) is 30. The molecule has 9 heteroatoms. The summed E-state index contributed by atoms with van der Waals surface area (Å²) in [5, 5.41) is 0. The van der Waals surface area contributed by atoms with E-state index in [1.807, 2.05) is 0 Å². The van der Waals surface area contributed by atoms with Crippen LogP contribution in [0.3, 0.4) is 0 Å². The lowest BCUT2D eigenvalue weighted by Crippen LogP contribution is -2.28. The molecule has 0 saturated carbocycles. The van der Waals surface area contributed by atoms with E-state index in [0.29, 0.717) is 13.0 Å². The topological polar surface area (TPSA) is 117 Å². The van der Waals surface area contributed by atoms with Crippen molar-refractivity contribution in [3.63, 3.8) is 0 Å². The predicted molar refractivity (Wildman–Crippen MR) is 284 cm³/mol. The number of nitrogens with two attached hydrogens (primary N) is 1. The number of hydrogen-bond donors (Lipinski definition) is 2. The molecule has 0 aromatic heterocycles. The Kier molecular flexibility index (Phi) is 52.7. The maximum atomic E-state index is 12.7. The smallest absolute Gasteiger partial charge is 0.457 e. The fourth-order valence-electron chi connectivity index (χ4n) is 7.80. The zero-order chi connectivity index (χ0) is 48.0. The number of phosphoric ester groups is 1. The van der Waals surface area contributed by atoms with Crippen LogP contribution in [0, 0.1) is 0 Å². The molecule has 0 spiro atoms. The van der Waals surface area contributed by atoms with Gasteiger partial charge in [0.05, 0.1) is 19.8 Å². The number of ether oxygens (including phenoxy) is 2. The first-order chi connectivity index (χ1) is 32.4. The summed E-state index contributed by atoms with van der Waals surface area (Å²) in [6, 6.07) is 0. The fourth-order valence-corrected chi connectivity index (χ4v) is 8.57. The molecule has 0 aliphatic heterocycles. The Balaban J connectivity index is 3.93. The Morgan fingerprint density at radius 3 is 1.20 bits per heavy atom. The minimum absolute atomic E-state index is 0.0968. The normalized spacial score (nSPS) is 13.7. The van der Waals surface area contributed by atoms with Crippen LogP contribution in [0.15, 0.2) is 60.8 Å². The third-order valence-electron chi connectivity index (χ3n) is 11.9. The molecule has 0 amide bonds. The van der Waals surface area contributed by atoms with Crippen molar-refractivity contribution in [2.24, 2.45) is 5.73 Å². The van der Waals surface area contributed by atoms with Gasteiger partial charge in [-0.25, -0.2) is 4.57 Å². The van der Waals surface area contributed by atoms with E-state index in [4.69, 9.17) is 24.3 Å². The number of rotatable bonds is 53. The van der Waals surface area contributed by atoms with Crippen LogP contribution in [0.25, 0.3) is 0 Å². The zero-order valence-electron chi connectivity index (χ0n) is 43.2. The van der Waals surface area contributed by atoms with Gasteiger partial charge < -0.3 is 20.1 Å². The Hall–Kier alpha value is -1.80. The highest BCUT2D eigenvalue weighted by molar-refractivity contribution is 7.47. The molecule has 0 radical (unpaired) electrons. The summed E-state index contributed by atoms with van der Waals surface area (Å²) in [5.41, 5.74) is 5.40. The van der Waals surface area contributed by atoms with Crippen LogP contribution in [0.1, 0.15) is 258 Å². The zero-order valence-corrected chi connectivity index (χ0v) is 44.1. The molecule has 0 aromatic carbocycles. The lowest BCUT2D eigenvalue weighted by atomic mass is 10.0. The van der Waals surface area contributed by atoms with Crippen molar-refractivity contribution in [3.8, 4) is 0 Å². The van der Waals surface area contributed by atoms with Crippen LogP contribution in [-0.2, 0) is 27.9 Å². The summed E-state index contributed by atoms with van der Waals surface area (Å²) < 4.78 is 33.7. The number of phosphoric acid groups is 1. The molecule has 0 fully saturated rings.